The molecule has 96 valence electrons. The second-order valence-corrected chi connectivity index (χ2v) is 3.92. The molecule has 0 saturated carbocycles. The minimum Gasteiger partial charge on any atom is -0.494 e. The highest BCUT2D eigenvalue weighted by Crippen LogP contribution is 2.16. The van der Waals surface area contributed by atoms with Crippen LogP contribution in [0.5, 0.6) is 5.75 Å². The van der Waals surface area contributed by atoms with Crippen LogP contribution in [0.15, 0.2) is 24.3 Å². The zero-order valence-electron chi connectivity index (χ0n) is 10.6. The Kier molecular flexibility index (Phi) is 4.11. The van der Waals surface area contributed by atoms with E-state index in [0.717, 1.165) is 24.5 Å². The summed E-state index contributed by atoms with van der Waals surface area (Å²) >= 11 is 0. The van der Waals surface area contributed by atoms with Crippen LogP contribution in [-0.4, -0.2) is 26.8 Å². The monoisotopic (exact) mass is 247 g/mol. The van der Waals surface area contributed by atoms with Crippen LogP contribution in [0.3, 0.4) is 0 Å². The third-order valence-electron chi connectivity index (χ3n) is 2.33. The Morgan fingerprint density at radius 1 is 1.28 bits per heavy atom. The van der Waals surface area contributed by atoms with Gasteiger partial charge in [-0.05, 0) is 35.9 Å². The van der Waals surface area contributed by atoms with Gasteiger partial charge in [0, 0.05) is 5.69 Å². The smallest absolute Gasteiger partial charge is 0.193 e. The second-order valence-electron chi connectivity index (χ2n) is 3.92. The van der Waals surface area contributed by atoms with Gasteiger partial charge in [0.1, 0.15) is 5.75 Å². The van der Waals surface area contributed by atoms with Crippen molar-refractivity contribution >= 4 is 5.69 Å². The highest BCUT2D eigenvalue weighted by atomic mass is 16.5. The first-order valence-electron chi connectivity index (χ1n) is 5.97. The quantitative estimate of drug-likeness (QED) is 0.840. The van der Waals surface area contributed by atoms with Crippen molar-refractivity contribution in [1.29, 1.82) is 0 Å². The zero-order chi connectivity index (χ0) is 12.8. The molecule has 6 nitrogen and oxygen atoms in total. The van der Waals surface area contributed by atoms with Gasteiger partial charge in [-0.3, -0.25) is 0 Å². The van der Waals surface area contributed by atoms with Gasteiger partial charge in [-0.1, -0.05) is 6.92 Å². The highest BCUT2D eigenvalue weighted by molar-refractivity contribution is 5.46. The lowest BCUT2D eigenvalue weighted by Crippen LogP contribution is -2.02. The average Bonchev–Trinajstić information content (AvgIpc) is 2.81. The summed E-state index contributed by atoms with van der Waals surface area (Å²) < 4.78 is 5.51. The summed E-state index contributed by atoms with van der Waals surface area (Å²) in [6.45, 7) is 3.39. The Morgan fingerprint density at radius 2 is 2.06 bits per heavy atom. The number of hydrogen-bond donors (Lipinski definition) is 1. The summed E-state index contributed by atoms with van der Waals surface area (Å²) in [7, 11) is 1.75. The van der Waals surface area contributed by atoms with Gasteiger partial charge in [-0.15, -0.1) is 10.2 Å². The number of rotatable bonds is 6. The maximum absolute atomic E-state index is 5.51. The number of aromatic nitrogens is 4. The molecule has 0 bridgehead atoms. The van der Waals surface area contributed by atoms with E-state index < -0.39 is 0 Å². The van der Waals surface area contributed by atoms with E-state index in [1.54, 1.807) is 7.05 Å². The predicted molar refractivity (Wildman–Crippen MR) is 68.4 cm³/mol. The van der Waals surface area contributed by atoms with E-state index in [1.165, 1.54) is 4.80 Å². The lowest BCUT2D eigenvalue weighted by molar-refractivity contribution is 0.317. The Balaban J connectivity index is 1.86. The normalized spacial score (nSPS) is 10.3. The number of anilines is 1. The molecule has 0 radical (unpaired) electrons. The third-order valence-corrected chi connectivity index (χ3v) is 2.33. The largest absolute Gasteiger partial charge is 0.494 e. The second kappa shape index (κ2) is 6.00. The van der Waals surface area contributed by atoms with Gasteiger partial charge in [0.25, 0.3) is 0 Å². The van der Waals surface area contributed by atoms with Crippen molar-refractivity contribution < 1.29 is 4.74 Å². The lowest BCUT2D eigenvalue weighted by Gasteiger charge is -2.06. The van der Waals surface area contributed by atoms with Crippen molar-refractivity contribution in [3.05, 3.63) is 30.1 Å². The van der Waals surface area contributed by atoms with Gasteiger partial charge in [-0.2, -0.15) is 4.80 Å². The van der Waals surface area contributed by atoms with Gasteiger partial charge in [0.2, 0.25) is 0 Å². The number of aryl methyl sites for hydroxylation is 1. The van der Waals surface area contributed by atoms with Crippen LogP contribution >= 0.6 is 0 Å². The summed E-state index contributed by atoms with van der Waals surface area (Å²) in [5.41, 5.74) is 1.01. The molecule has 0 aliphatic carbocycles. The van der Waals surface area contributed by atoms with E-state index in [9.17, 15) is 0 Å². The molecule has 0 spiro atoms. The van der Waals surface area contributed by atoms with Crippen molar-refractivity contribution in [2.24, 2.45) is 7.05 Å². The summed E-state index contributed by atoms with van der Waals surface area (Å²) in [6.07, 6.45) is 1.01. The van der Waals surface area contributed by atoms with E-state index in [0.29, 0.717) is 12.4 Å². The van der Waals surface area contributed by atoms with E-state index in [2.05, 4.69) is 27.7 Å². The number of hydrogen-bond acceptors (Lipinski definition) is 5. The molecule has 1 N–H and O–H groups in total. The number of ether oxygens (including phenoxy) is 1. The Hall–Kier alpha value is -2.11. The molecule has 0 fully saturated rings. The molecule has 0 saturated heterocycles. The molecule has 0 aliphatic heterocycles. The number of benzene rings is 1. The number of tetrazole rings is 1. The SMILES string of the molecule is CCCOc1ccc(NCc2nnn(C)n2)cc1. The molecule has 6 heteroatoms. The van der Waals surface area contributed by atoms with Gasteiger partial charge in [0.05, 0.1) is 20.2 Å². The molecular formula is C12H17N5O. The molecule has 1 aromatic heterocycles. The van der Waals surface area contributed by atoms with Crippen LogP contribution in [0.4, 0.5) is 5.69 Å². The van der Waals surface area contributed by atoms with Crippen molar-refractivity contribution in [2.45, 2.75) is 19.9 Å². The van der Waals surface area contributed by atoms with Crippen molar-refractivity contribution in [3.63, 3.8) is 0 Å². The van der Waals surface area contributed by atoms with Crippen LogP contribution < -0.4 is 10.1 Å². The standard InChI is InChI=1S/C12H17N5O/c1-3-8-18-11-6-4-10(5-7-11)13-9-12-14-16-17(2)15-12/h4-7,13H,3,8-9H2,1-2H3. The van der Waals surface area contributed by atoms with Crippen molar-refractivity contribution in [2.75, 3.05) is 11.9 Å². The van der Waals surface area contributed by atoms with E-state index >= 15 is 0 Å². The first kappa shape index (κ1) is 12.3. The maximum atomic E-state index is 5.51. The van der Waals surface area contributed by atoms with E-state index in [1.807, 2.05) is 24.3 Å². The first-order valence-corrected chi connectivity index (χ1v) is 5.97. The Bertz CT molecular complexity index is 479. The van der Waals surface area contributed by atoms with Crippen LogP contribution in [0.2, 0.25) is 0 Å². The van der Waals surface area contributed by atoms with E-state index in [-0.39, 0.29) is 0 Å². The summed E-state index contributed by atoms with van der Waals surface area (Å²) in [6, 6.07) is 7.84. The predicted octanol–water partition coefficient (Wildman–Crippen LogP) is 1.61. The van der Waals surface area contributed by atoms with Crippen LogP contribution in [0.25, 0.3) is 0 Å². The molecule has 0 atom stereocenters. The molecule has 2 rings (SSSR count). The molecule has 1 aromatic carbocycles. The molecule has 0 amide bonds. The summed E-state index contributed by atoms with van der Waals surface area (Å²) in [5.74, 6) is 1.56. The number of nitrogens with zero attached hydrogens (tertiary/aromatic N) is 4. The highest BCUT2D eigenvalue weighted by Gasteiger charge is 2.00. The average molecular weight is 247 g/mol. The van der Waals surface area contributed by atoms with E-state index in [4.69, 9.17) is 4.74 Å². The van der Waals surface area contributed by atoms with Crippen LogP contribution in [-0.2, 0) is 13.6 Å². The summed E-state index contributed by atoms with van der Waals surface area (Å²) in [5, 5.41) is 15.0. The topological polar surface area (TPSA) is 64.9 Å². The van der Waals surface area contributed by atoms with Crippen molar-refractivity contribution in [1.82, 2.24) is 20.2 Å². The molecule has 18 heavy (non-hydrogen) atoms. The molecule has 1 heterocycles. The fraction of sp³-hybridized carbons (Fsp3) is 0.417. The van der Waals surface area contributed by atoms with Gasteiger partial charge < -0.3 is 10.1 Å². The van der Waals surface area contributed by atoms with Gasteiger partial charge in [0.15, 0.2) is 5.82 Å². The maximum Gasteiger partial charge on any atom is 0.193 e. The van der Waals surface area contributed by atoms with Gasteiger partial charge >= 0.3 is 0 Å². The Labute approximate surface area is 106 Å². The van der Waals surface area contributed by atoms with Crippen molar-refractivity contribution in [3.8, 4) is 5.75 Å². The zero-order valence-corrected chi connectivity index (χ0v) is 10.6. The number of nitrogens with one attached hydrogen (secondary N) is 1. The molecule has 2 aromatic rings. The fourth-order valence-corrected chi connectivity index (χ4v) is 1.46. The van der Waals surface area contributed by atoms with Crippen LogP contribution in [0, 0.1) is 0 Å². The van der Waals surface area contributed by atoms with Crippen LogP contribution in [0.1, 0.15) is 19.2 Å². The molecule has 0 aliphatic rings. The third kappa shape index (κ3) is 3.44. The van der Waals surface area contributed by atoms with Gasteiger partial charge in [-0.25, -0.2) is 0 Å². The first-order chi connectivity index (χ1) is 8.78. The lowest BCUT2D eigenvalue weighted by atomic mass is 10.3. The minimum atomic E-state index is 0.559. The minimum absolute atomic E-state index is 0.559. The molecule has 0 unspecified atom stereocenters. The fourth-order valence-electron chi connectivity index (χ4n) is 1.46. The molecular weight excluding hydrogens is 230 g/mol. The Morgan fingerprint density at radius 3 is 2.67 bits per heavy atom. The summed E-state index contributed by atoms with van der Waals surface area (Å²) in [4.78, 5) is 1.44.